The summed E-state index contributed by atoms with van der Waals surface area (Å²) in [6, 6.07) is 8.32. The molecule has 0 spiro atoms. The molecule has 0 aliphatic rings. The lowest BCUT2D eigenvalue weighted by atomic mass is 10.2. The number of pyridine rings is 1. The lowest BCUT2D eigenvalue weighted by Crippen LogP contribution is -2.36. The molecule has 2 heterocycles. The number of aliphatic imine (C=N–C) groups is 1. The Bertz CT molecular complexity index is 939. The second kappa shape index (κ2) is 9.27. The zero-order valence-electron chi connectivity index (χ0n) is 16.0. The lowest BCUT2D eigenvalue weighted by Gasteiger charge is -2.12. The van der Waals surface area contributed by atoms with Crippen LogP contribution in [0.4, 0.5) is 4.39 Å². The van der Waals surface area contributed by atoms with Gasteiger partial charge in [-0.05, 0) is 43.7 Å². The number of guanidine groups is 1. The van der Waals surface area contributed by atoms with E-state index in [1.807, 2.05) is 13.0 Å². The summed E-state index contributed by atoms with van der Waals surface area (Å²) in [6.07, 6.45) is 3.17. The molecule has 3 aromatic rings. The van der Waals surface area contributed by atoms with Crippen LogP contribution in [0.5, 0.6) is 11.5 Å². The number of benzene rings is 1. The number of aryl methyl sites for hydroxylation is 2. The van der Waals surface area contributed by atoms with E-state index in [9.17, 15) is 4.39 Å². The van der Waals surface area contributed by atoms with E-state index in [1.165, 1.54) is 17.1 Å². The minimum Gasteiger partial charge on any atom is -0.453 e. The highest BCUT2D eigenvalue weighted by Gasteiger charge is 2.08. The van der Waals surface area contributed by atoms with Crippen LogP contribution in [-0.2, 0) is 13.1 Å². The van der Waals surface area contributed by atoms with Crippen molar-refractivity contribution in [1.29, 1.82) is 0 Å². The number of thiazole rings is 1. The van der Waals surface area contributed by atoms with Gasteiger partial charge in [0.25, 0.3) is 0 Å². The van der Waals surface area contributed by atoms with Crippen molar-refractivity contribution in [2.45, 2.75) is 26.9 Å². The zero-order chi connectivity index (χ0) is 19.9. The molecule has 0 amide bonds. The summed E-state index contributed by atoms with van der Waals surface area (Å²) < 4.78 is 19.8. The third-order valence-electron chi connectivity index (χ3n) is 4.02. The summed E-state index contributed by atoms with van der Waals surface area (Å²) in [6.45, 7) is 5.07. The highest BCUT2D eigenvalue weighted by molar-refractivity contribution is 7.11. The van der Waals surface area contributed by atoms with E-state index in [-0.39, 0.29) is 5.75 Å². The third kappa shape index (κ3) is 5.26. The Morgan fingerprint density at radius 1 is 1.21 bits per heavy atom. The Kier molecular flexibility index (Phi) is 6.54. The predicted octanol–water partition coefficient (Wildman–Crippen LogP) is 3.95. The molecule has 6 nitrogen and oxygen atoms in total. The van der Waals surface area contributed by atoms with Gasteiger partial charge in [0.05, 0.1) is 18.4 Å². The first-order chi connectivity index (χ1) is 13.5. The molecule has 0 bridgehead atoms. The van der Waals surface area contributed by atoms with Gasteiger partial charge in [0, 0.05) is 24.7 Å². The monoisotopic (exact) mass is 399 g/mol. The van der Waals surface area contributed by atoms with Crippen LogP contribution in [-0.4, -0.2) is 23.0 Å². The van der Waals surface area contributed by atoms with Crippen molar-refractivity contribution in [3.05, 3.63) is 69.7 Å². The van der Waals surface area contributed by atoms with Crippen molar-refractivity contribution in [3.63, 3.8) is 0 Å². The number of hydrogen-bond acceptors (Lipinski definition) is 5. The Morgan fingerprint density at radius 2 is 2.04 bits per heavy atom. The van der Waals surface area contributed by atoms with Crippen LogP contribution in [0.2, 0.25) is 0 Å². The van der Waals surface area contributed by atoms with Crippen molar-refractivity contribution in [1.82, 2.24) is 20.6 Å². The van der Waals surface area contributed by atoms with Gasteiger partial charge >= 0.3 is 0 Å². The molecular formula is C20H22FN5OS. The Balaban J connectivity index is 1.54. The van der Waals surface area contributed by atoms with Gasteiger partial charge in [-0.2, -0.15) is 0 Å². The summed E-state index contributed by atoms with van der Waals surface area (Å²) in [7, 11) is 1.69. The van der Waals surface area contributed by atoms with Gasteiger partial charge in [0.2, 0.25) is 0 Å². The number of aromatic nitrogens is 2. The molecule has 8 heteroatoms. The molecule has 0 aliphatic carbocycles. The van der Waals surface area contributed by atoms with Gasteiger partial charge in [-0.1, -0.05) is 6.07 Å². The largest absolute Gasteiger partial charge is 0.453 e. The van der Waals surface area contributed by atoms with Crippen LogP contribution in [0.1, 0.15) is 21.1 Å². The molecule has 2 aromatic heterocycles. The maximum absolute atomic E-state index is 14.3. The average Bonchev–Trinajstić information content (AvgIpc) is 3.02. The highest BCUT2D eigenvalue weighted by atomic mass is 32.1. The van der Waals surface area contributed by atoms with Crippen molar-refractivity contribution in [2.75, 3.05) is 7.05 Å². The van der Waals surface area contributed by atoms with Gasteiger partial charge in [0.1, 0.15) is 10.8 Å². The minimum atomic E-state index is -0.431. The van der Waals surface area contributed by atoms with Crippen molar-refractivity contribution >= 4 is 17.3 Å². The summed E-state index contributed by atoms with van der Waals surface area (Å²) >= 11 is 1.66. The van der Waals surface area contributed by atoms with Gasteiger partial charge < -0.3 is 15.4 Å². The number of halogens is 1. The summed E-state index contributed by atoms with van der Waals surface area (Å²) in [5.41, 5.74) is 1.83. The molecule has 0 radical (unpaired) electrons. The Morgan fingerprint density at radius 3 is 2.68 bits per heavy atom. The van der Waals surface area contributed by atoms with Gasteiger partial charge in [-0.15, -0.1) is 11.3 Å². The second-order valence-corrected chi connectivity index (χ2v) is 7.37. The van der Waals surface area contributed by atoms with Crippen LogP contribution in [0.3, 0.4) is 0 Å². The second-order valence-electron chi connectivity index (χ2n) is 6.08. The van der Waals surface area contributed by atoms with Crippen LogP contribution < -0.4 is 15.4 Å². The predicted molar refractivity (Wildman–Crippen MR) is 109 cm³/mol. The van der Waals surface area contributed by atoms with Gasteiger partial charge in [-0.25, -0.2) is 9.37 Å². The average molecular weight is 399 g/mol. The maximum Gasteiger partial charge on any atom is 0.191 e. The smallest absolute Gasteiger partial charge is 0.191 e. The SMILES string of the molecule is CN=C(NCc1ccc(Oc2cccnc2)c(F)c1)NCc1nc(C)c(C)s1. The van der Waals surface area contributed by atoms with Crippen LogP contribution in [0.25, 0.3) is 0 Å². The first kappa shape index (κ1) is 19.8. The number of ether oxygens (including phenoxy) is 1. The number of nitrogens with zero attached hydrogens (tertiary/aromatic N) is 3. The van der Waals surface area contributed by atoms with Crippen LogP contribution in [0.15, 0.2) is 47.7 Å². The van der Waals surface area contributed by atoms with E-state index in [2.05, 4.69) is 32.5 Å². The molecule has 2 N–H and O–H groups in total. The fraction of sp³-hybridized carbons (Fsp3) is 0.250. The molecule has 146 valence electrons. The fourth-order valence-electron chi connectivity index (χ4n) is 2.45. The van der Waals surface area contributed by atoms with E-state index in [0.29, 0.717) is 24.8 Å². The highest BCUT2D eigenvalue weighted by Crippen LogP contribution is 2.24. The zero-order valence-corrected chi connectivity index (χ0v) is 16.8. The molecule has 0 saturated carbocycles. The Labute approximate surface area is 167 Å². The minimum absolute atomic E-state index is 0.161. The Hall–Kier alpha value is -3.00. The van der Waals surface area contributed by atoms with Crippen LogP contribution in [0, 0.1) is 19.7 Å². The fourth-order valence-corrected chi connectivity index (χ4v) is 3.33. The van der Waals surface area contributed by atoms with Crippen molar-refractivity contribution in [2.24, 2.45) is 4.99 Å². The normalized spacial score (nSPS) is 11.4. The molecule has 28 heavy (non-hydrogen) atoms. The molecule has 0 aliphatic heterocycles. The first-order valence-corrected chi connectivity index (χ1v) is 9.60. The lowest BCUT2D eigenvalue weighted by molar-refractivity contribution is 0.440. The molecule has 0 unspecified atom stereocenters. The standard InChI is InChI=1S/C20H22FN5OS/c1-13-14(2)28-19(26-13)12-25-20(22-3)24-10-15-6-7-18(17(21)9-15)27-16-5-4-8-23-11-16/h4-9,11H,10,12H2,1-3H3,(H2,22,24,25). The van der Waals surface area contributed by atoms with Gasteiger partial charge in [0.15, 0.2) is 17.5 Å². The van der Waals surface area contributed by atoms with Gasteiger partial charge in [-0.3, -0.25) is 9.98 Å². The topological polar surface area (TPSA) is 71.4 Å². The summed E-state index contributed by atoms with van der Waals surface area (Å²) in [5.74, 6) is 0.847. The number of rotatable bonds is 6. The van der Waals surface area contributed by atoms with E-state index in [1.54, 1.807) is 42.8 Å². The molecule has 3 rings (SSSR count). The quantitative estimate of drug-likeness (QED) is 0.485. The van der Waals surface area contributed by atoms with E-state index in [4.69, 9.17) is 4.74 Å². The third-order valence-corrected chi connectivity index (χ3v) is 5.09. The molecule has 0 saturated heterocycles. The van der Waals surface area contributed by atoms with E-state index >= 15 is 0 Å². The summed E-state index contributed by atoms with van der Waals surface area (Å²) in [5, 5.41) is 7.39. The molecule has 0 fully saturated rings. The number of hydrogen-bond donors (Lipinski definition) is 2. The first-order valence-electron chi connectivity index (χ1n) is 8.79. The molecular weight excluding hydrogens is 377 g/mol. The molecule has 1 aromatic carbocycles. The number of nitrogens with one attached hydrogen (secondary N) is 2. The molecule has 0 atom stereocenters. The van der Waals surface area contributed by atoms with Crippen molar-refractivity contribution in [3.8, 4) is 11.5 Å². The van der Waals surface area contributed by atoms with E-state index in [0.717, 1.165) is 16.3 Å². The van der Waals surface area contributed by atoms with E-state index < -0.39 is 5.82 Å². The summed E-state index contributed by atoms with van der Waals surface area (Å²) in [4.78, 5) is 13.8. The van der Waals surface area contributed by atoms with Crippen molar-refractivity contribution < 1.29 is 9.13 Å². The maximum atomic E-state index is 14.3. The van der Waals surface area contributed by atoms with Crippen LogP contribution >= 0.6 is 11.3 Å².